The highest BCUT2D eigenvalue weighted by Crippen LogP contribution is 2.35. The number of alkyl halides is 3. The first-order valence-corrected chi connectivity index (χ1v) is 6.27. The van der Waals surface area contributed by atoms with Crippen LogP contribution in [0.5, 0.6) is 0 Å². The molecule has 0 atom stereocenters. The average molecular weight is 310 g/mol. The maximum absolute atomic E-state index is 12.0. The van der Waals surface area contributed by atoms with Crippen molar-refractivity contribution in [1.82, 2.24) is 0 Å². The van der Waals surface area contributed by atoms with Crippen molar-refractivity contribution in [2.24, 2.45) is 11.5 Å². The predicted molar refractivity (Wildman–Crippen MR) is 69.5 cm³/mol. The zero-order valence-electron chi connectivity index (χ0n) is 10.2. The molecule has 6 nitrogen and oxygen atoms in total. The number of amides is 2. The SMILES string of the molecule is NC(=O)c1sc(NCCCC(F)(F)F)c(C(N)=O)c1N. The van der Waals surface area contributed by atoms with Gasteiger partial charge in [-0.1, -0.05) is 0 Å². The number of nitrogens with two attached hydrogens (primary N) is 3. The lowest BCUT2D eigenvalue weighted by molar-refractivity contribution is -0.134. The minimum absolute atomic E-state index is 0.0437. The molecular weight excluding hydrogens is 297 g/mol. The number of hydrogen-bond donors (Lipinski definition) is 4. The largest absolute Gasteiger partial charge is 0.397 e. The second kappa shape index (κ2) is 5.99. The van der Waals surface area contributed by atoms with Crippen LogP contribution in [-0.2, 0) is 0 Å². The quantitative estimate of drug-likeness (QED) is 0.591. The second-order valence-corrected chi connectivity index (χ2v) is 4.94. The molecule has 0 saturated carbocycles. The Bertz CT molecular complexity index is 527. The summed E-state index contributed by atoms with van der Waals surface area (Å²) >= 11 is 0.788. The third kappa shape index (κ3) is 4.02. The summed E-state index contributed by atoms with van der Waals surface area (Å²) in [6.45, 7) is -0.0437. The zero-order valence-corrected chi connectivity index (χ0v) is 11.0. The van der Waals surface area contributed by atoms with E-state index in [1.54, 1.807) is 0 Å². The summed E-state index contributed by atoms with van der Waals surface area (Å²) in [6.07, 6.45) is -5.40. The summed E-state index contributed by atoms with van der Waals surface area (Å²) in [5.41, 5.74) is 15.5. The Balaban J connectivity index is 2.82. The molecule has 112 valence electrons. The van der Waals surface area contributed by atoms with Crippen molar-refractivity contribution in [3.63, 3.8) is 0 Å². The molecule has 7 N–H and O–H groups in total. The Morgan fingerprint density at radius 2 is 1.80 bits per heavy atom. The number of nitrogen functional groups attached to an aromatic ring is 1. The van der Waals surface area contributed by atoms with Gasteiger partial charge in [0, 0.05) is 13.0 Å². The second-order valence-electron chi connectivity index (χ2n) is 3.92. The van der Waals surface area contributed by atoms with E-state index in [4.69, 9.17) is 17.2 Å². The van der Waals surface area contributed by atoms with Crippen LogP contribution in [0.2, 0.25) is 0 Å². The van der Waals surface area contributed by atoms with Crippen LogP contribution in [-0.4, -0.2) is 24.5 Å². The summed E-state index contributed by atoms with van der Waals surface area (Å²) in [6, 6.07) is 0. The van der Waals surface area contributed by atoms with Gasteiger partial charge in [0.1, 0.15) is 9.88 Å². The molecule has 20 heavy (non-hydrogen) atoms. The zero-order chi connectivity index (χ0) is 15.5. The van der Waals surface area contributed by atoms with Crippen molar-refractivity contribution in [3.05, 3.63) is 10.4 Å². The van der Waals surface area contributed by atoms with Gasteiger partial charge in [-0.2, -0.15) is 13.2 Å². The van der Waals surface area contributed by atoms with E-state index in [1.165, 1.54) is 0 Å². The number of hydrogen-bond acceptors (Lipinski definition) is 5. The molecule has 1 aromatic heterocycles. The smallest absolute Gasteiger partial charge is 0.389 e. The number of anilines is 2. The number of carbonyl (C=O) groups is 2. The Morgan fingerprint density at radius 1 is 1.20 bits per heavy atom. The highest BCUT2D eigenvalue weighted by molar-refractivity contribution is 7.19. The maximum Gasteiger partial charge on any atom is 0.389 e. The maximum atomic E-state index is 12.0. The third-order valence-electron chi connectivity index (χ3n) is 2.34. The van der Waals surface area contributed by atoms with E-state index in [0.29, 0.717) is 0 Å². The fourth-order valence-corrected chi connectivity index (χ4v) is 2.49. The standard InChI is InChI=1S/C10H13F3N4O2S/c11-10(12,13)2-1-3-17-9-4(7(15)18)5(14)6(20-9)8(16)19/h17H,1-3,14H2,(H2,15,18)(H2,16,19). The summed E-state index contributed by atoms with van der Waals surface area (Å²) in [4.78, 5) is 22.3. The summed E-state index contributed by atoms with van der Waals surface area (Å²) in [5.74, 6) is -1.72. The fraction of sp³-hybridized carbons (Fsp3) is 0.400. The minimum Gasteiger partial charge on any atom is -0.397 e. The lowest BCUT2D eigenvalue weighted by Gasteiger charge is -2.08. The monoisotopic (exact) mass is 310 g/mol. The van der Waals surface area contributed by atoms with Crippen LogP contribution in [0, 0.1) is 0 Å². The predicted octanol–water partition coefficient (Wildman–Crippen LogP) is 1.28. The number of nitrogens with one attached hydrogen (secondary N) is 1. The Morgan fingerprint density at radius 3 is 2.25 bits per heavy atom. The van der Waals surface area contributed by atoms with Crippen LogP contribution in [0.4, 0.5) is 23.9 Å². The lowest BCUT2D eigenvalue weighted by atomic mass is 10.2. The van der Waals surface area contributed by atoms with Crippen molar-refractivity contribution in [2.45, 2.75) is 19.0 Å². The van der Waals surface area contributed by atoms with Gasteiger partial charge in [0.05, 0.1) is 11.3 Å². The van der Waals surface area contributed by atoms with Gasteiger partial charge in [-0.15, -0.1) is 11.3 Å². The van der Waals surface area contributed by atoms with Crippen molar-refractivity contribution in [3.8, 4) is 0 Å². The normalized spacial score (nSPS) is 11.3. The molecule has 1 aromatic rings. The topological polar surface area (TPSA) is 124 Å². The summed E-state index contributed by atoms with van der Waals surface area (Å²) in [5, 5.41) is 2.76. The van der Waals surface area contributed by atoms with Gasteiger partial charge < -0.3 is 22.5 Å². The molecule has 0 aliphatic rings. The highest BCUT2D eigenvalue weighted by atomic mass is 32.1. The molecule has 0 radical (unpaired) electrons. The minimum atomic E-state index is -4.25. The molecule has 0 bridgehead atoms. The molecule has 0 spiro atoms. The molecule has 1 heterocycles. The molecular formula is C10H13F3N4O2S. The van der Waals surface area contributed by atoms with Crippen LogP contribution in [0.15, 0.2) is 0 Å². The van der Waals surface area contributed by atoms with Crippen LogP contribution in [0.1, 0.15) is 32.9 Å². The first-order valence-electron chi connectivity index (χ1n) is 5.46. The van der Waals surface area contributed by atoms with E-state index in [-0.39, 0.29) is 34.1 Å². The molecule has 1 rings (SSSR count). The van der Waals surface area contributed by atoms with Crippen LogP contribution >= 0.6 is 11.3 Å². The fourth-order valence-electron chi connectivity index (χ4n) is 1.49. The van der Waals surface area contributed by atoms with E-state index < -0.39 is 24.4 Å². The van der Waals surface area contributed by atoms with E-state index in [1.807, 2.05) is 0 Å². The number of carbonyl (C=O) groups excluding carboxylic acids is 2. The molecule has 0 unspecified atom stereocenters. The molecule has 0 aliphatic carbocycles. The van der Waals surface area contributed by atoms with E-state index >= 15 is 0 Å². The Kier molecular flexibility index (Phi) is 4.82. The van der Waals surface area contributed by atoms with Crippen molar-refractivity contribution >= 4 is 33.8 Å². The molecule has 0 fully saturated rings. The third-order valence-corrected chi connectivity index (χ3v) is 3.52. The number of primary amides is 2. The van der Waals surface area contributed by atoms with Gasteiger partial charge in [-0.3, -0.25) is 9.59 Å². The van der Waals surface area contributed by atoms with E-state index in [0.717, 1.165) is 11.3 Å². The van der Waals surface area contributed by atoms with E-state index in [9.17, 15) is 22.8 Å². The van der Waals surface area contributed by atoms with Crippen LogP contribution in [0.25, 0.3) is 0 Å². The number of rotatable bonds is 6. The molecule has 0 aliphatic heterocycles. The van der Waals surface area contributed by atoms with Gasteiger partial charge in [0.15, 0.2) is 0 Å². The number of halogens is 3. The molecule has 0 saturated heterocycles. The lowest BCUT2D eigenvalue weighted by Crippen LogP contribution is -2.17. The summed E-state index contributed by atoms with van der Waals surface area (Å²) in [7, 11) is 0. The Hall–Kier alpha value is -1.97. The van der Waals surface area contributed by atoms with E-state index in [2.05, 4.69) is 5.32 Å². The van der Waals surface area contributed by atoms with Crippen molar-refractivity contribution in [1.29, 1.82) is 0 Å². The van der Waals surface area contributed by atoms with Crippen LogP contribution < -0.4 is 22.5 Å². The van der Waals surface area contributed by atoms with Gasteiger partial charge in [-0.05, 0) is 6.42 Å². The van der Waals surface area contributed by atoms with Crippen LogP contribution in [0.3, 0.4) is 0 Å². The van der Waals surface area contributed by atoms with Crippen molar-refractivity contribution in [2.75, 3.05) is 17.6 Å². The summed E-state index contributed by atoms with van der Waals surface area (Å²) < 4.78 is 35.9. The van der Waals surface area contributed by atoms with Crippen molar-refractivity contribution < 1.29 is 22.8 Å². The van der Waals surface area contributed by atoms with Gasteiger partial charge in [0.2, 0.25) is 0 Å². The van der Waals surface area contributed by atoms with Gasteiger partial charge >= 0.3 is 6.18 Å². The first kappa shape index (κ1) is 16.1. The highest BCUT2D eigenvalue weighted by Gasteiger charge is 2.26. The average Bonchev–Trinajstić information content (AvgIpc) is 2.60. The number of thiophene rings is 1. The Labute approximate surface area is 116 Å². The molecule has 0 aromatic carbocycles. The first-order chi connectivity index (χ1) is 9.13. The van der Waals surface area contributed by atoms with Gasteiger partial charge in [-0.25, -0.2) is 0 Å². The van der Waals surface area contributed by atoms with Gasteiger partial charge in [0.25, 0.3) is 11.8 Å². The molecule has 10 heteroatoms. The molecule has 2 amide bonds.